The average Bonchev–Trinajstić information content (AvgIpc) is 2.90. The second-order valence-corrected chi connectivity index (χ2v) is 7.05. The zero-order valence-electron chi connectivity index (χ0n) is 11.2. The maximum atomic E-state index is 6.71. The molecule has 0 radical (unpaired) electrons. The highest BCUT2D eigenvalue weighted by atomic mass is 35.5. The predicted molar refractivity (Wildman–Crippen MR) is 84.2 cm³/mol. The van der Waals surface area contributed by atoms with Gasteiger partial charge in [-0.15, -0.1) is 22.9 Å². The highest BCUT2D eigenvalue weighted by Gasteiger charge is 2.27. The first-order chi connectivity index (χ1) is 9.28. The number of alkyl halides is 1. The number of hydrogen-bond acceptors (Lipinski definition) is 1. The van der Waals surface area contributed by atoms with Crippen LogP contribution in [0, 0.1) is 5.92 Å². The standard InChI is InChI=1S/C17H19ClS/c1-2-14-9-10-15(19-14)11-13-8-7-12-5-3-4-6-16(12)17(13)18/h3-6,9-10,13,17H,2,7-8,11H2,1H3. The van der Waals surface area contributed by atoms with E-state index in [1.54, 1.807) is 0 Å². The van der Waals surface area contributed by atoms with Crippen LogP contribution in [-0.4, -0.2) is 0 Å². The lowest BCUT2D eigenvalue weighted by Crippen LogP contribution is -2.18. The topological polar surface area (TPSA) is 0 Å². The van der Waals surface area contributed by atoms with Crippen molar-refractivity contribution >= 4 is 22.9 Å². The van der Waals surface area contributed by atoms with E-state index in [1.807, 2.05) is 11.3 Å². The molecule has 3 rings (SSSR count). The SMILES string of the molecule is CCc1ccc(CC2CCc3ccccc3C2Cl)s1. The van der Waals surface area contributed by atoms with E-state index < -0.39 is 0 Å². The van der Waals surface area contributed by atoms with Crippen molar-refractivity contribution < 1.29 is 0 Å². The van der Waals surface area contributed by atoms with E-state index in [9.17, 15) is 0 Å². The van der Waals surface area contributed by atoms with Crippen molar-refractivity contribution in [3.05, 3.63) is 57.3 Å². The summed E-state index contributed by atoms with van der Waals surface area (Å²) in [5.41, 5.74) is 2.80. The second-order valence-electron chi connectivity index (χ2n) is 5.33. The summed E-state index contributed by atoms with van der Waals surface area (Å²) in [4.78, 5) is 2.98. The van der Waals surface area contributed by atoms with Crippen LogP contribution < -0.4 is 0 Å². The molecule has 2 unspecified atom stereocenters. The number of halogens is 1. The Hall–Kier alpha value is -0.790. The lowest BCUT2D eigenvalue weighted by atomic mass is 9.81. The number of hydrogen-bond donors (Lipinski definition) is 0. The molecule has 0 spiro atoms. The van der Waals surface area contributed by atoms with E-state index in [2.05, 4.69) is 43.3 Å². The number of thiophene rings is 1. The molecule has 0 N–H and O–H groups in total. The van der Waals surface area contributed by atoms with Crippen molar-refractivity contribution in [3.8, 4) is 0 Å². The fourth-order valence-corrected chi connectivity index (χ4v) is 4.44. The van der Waals surface area contributed by atoms with Crippen LogP contribution in [0.15, 0.2) is 36.4 Å². The Labute approximate surface area is 124 Å². The van der Waals surface area contributed by atoms with Crippen molar-refractivity contribution in [1.82, 2.24) is 0 Å². The number of rotatable bonds is 3. The van der Waals surface area contributed by atoms with Crippen LogP contribution in [0.3, 0.4) is 0 Å². The molecule has 100 valence electrons. The molecule has 2 aromatic rings. The third-order valence-electron chi connectivity index (χ3n) is 4.08. The summed E-state index contributed by atoms with van der Waals surface area (Å²) in [5.74, 6) is 0.583. The fraction of sp³-hybridized carbons (Fsp3) is 0.412. The van der Waals surface area contributed by atoms with Crippen LogP contribution in [0.4, 0.5) is 0 Å². The van der Waals surface area contributed by atoms with Crippen LogP contribution in [0.5, 0.6) is 0 Å². The van der Waals surface area contributed by atoms with Gasteiger partial charge in [0, 0.05) is 9.75 Å². The Kier molecular flexibility index (Phi) is 3.95. The Morgan fingerprint density at radius 1 is 1.16 bits per heavy atom. The summed E-state index contributed by atoms with van der Waals surface area (Å²) in [6, 6.07) is 13.2. The van der Waals surface area contributed by atoms with Gasteiger partial charge in [0.05, 0.1) is 5.38 Å². The van der Waals surface area contributed by atoms with Crippen LogP contribution in [0.2, 0.25) is 0 Å². The largest absolute Gasteiger partial charge is 0.145 e. The molecular weight excluding hydrogens is 272 g/mol. The molecule has 0 saturated heterocycles. The van der Waals surface area contributed by atoms with Gasteiger partial charge in [-0.2, -0.15) is 0 Å². The molecular formula is C17H19ClS. The molecule has 0 nitrogen and oxygen atoms in total. The molecule has 1 aliphatic carbocycles. The molecule has 1 aromatic carbocycles. The number of fused-ring (bicyclic) bond motifs is 1. The Bertz CT molecular complexity index is 558. The van der Waals surface area contributed by atoms with Gasteiger partial charge in [0.2, 0.25) is 0 Å². The molecule has 0 aliphatic heterocycles. The van der Waals surface area contributed by atoms with E-state index in [0.717, 1.165) is 12.8 Å². The maximum Gasteiger partial charge on any atom is 0.0619 e. The molecule has 1 aliphatic rings. The third-order valence-corrected chi connectivity index (χ3v) is 5.92. The maximum absolute atomic E-state index is 6.71. The minimum Gasteiger partial charge on any atom is -0.145 e. The zero-order chi connectivity index (χ0) is 13.2. The summed E-state index contributed by atoms with van der Waals surface area (Å²) in [6.45, 7) is 2.22. The molecule has 1 aromatic heterocycles. The lowest BCUT2D eigenvalue weighted by Gasteiger charge is -2.29. The van der Waals surface area contributed by atoms with E-state index in [0.29, 0.717) is 5.92 Å². The molecule has 2 heteroatoms. The third kappa shape index (κ3) is 2.73. The normalized spacial score (nSPS) is 22.2. The van der Waals surface area contributed by atoms with Gasteiger partial charge >= 0.3 is 0 Å². The minimum absolute atomic E-state index is 0.178. The zero-order valence-corrected chi connectivity index (χ0v) is 12.8. The highest BCUT2D eigenvalue weighted by molar-refractivity contribution is 7.11. The van der Waals surface area contributed by atoms with Gasteiger partial charge in [-0.25, -0.2) is 0 Å². The summed E-state index contributed by atoms with van der Waals surface area (Å²) in [5, 5.41) is 0.178. The van der Waals surface area contributed by atoms with Crippen LogP contribution in [-0.2, 0) is 19.3 Å². The minimum atomic E-state index is 0.178. The summed E-state index contributed by atoms with van der Waals surface area (Å²) in [6.07, 6.45) is 4.66. The molecule has 0 amide bonds. The molecule has 2 atom stereocenters. The summed E-state index contributed by atoms with van der Waals surface area (Å²) < 4.78 is 0. The van der Waals surface area contributed by atoms with Gasteiger partial charge in [-0.1, -0.05) is 31.2 Å². The van der Waals surface area contributed by atoms with Gasteiger partial charge in [-0.3, -0.25) is 0 Å². The van der Waals surface area contributed by atoms with E-state index in [1.165, 1.54) is 33.7 Å². The smallest absolute Gasteiger partial charge is 0.0619 e. The molecule has 0 bridgehead atoms. The van der Waals surface area contributed by atoms with Gasteiger partial charge in [0.25, 0.3) is 0 Å². The monoisotopic (exact) mass is 290 g/mol. The van der Waals surface area contributed by atoms with E-state index in [4.69, 9.17) is 11.6 Å². The first-order valence-corrected chi connectivity index (χ1v) is 8.32. The highest BCUT2D eigenvalue weighted by Crippen LogP contribution is 2.41. The Morgan fingerprint density at radius 2 is 1.95 bits per heavy atom. The average molecular weight is 291 g/mol. The molecule has 1 heterocycles. The quantitative estimate of drug-likeness (QED) is 0.664. The first-order valence-electron chi connectivity index (χ1n) is 7.07. The van der Waals surface area contributed by atoms with Crippen LogP contribution >= 0.6 is 22.9 Å². The predicted octanol–water partition coefficient (Wildman–Crippen LogP) is 5.40. The second kappa shape index (κ2) is 5.68. The molecule has 0 saturated carbocycles. The van der Waals surface area contributed by atoms with Crippen molar-refractivity contribution in [1.29, 1.82) is 0 Å². The lowest BCUT2D eigenvalue weighted by molar-refractivity contribution is 0.445. The summed E-state index contributed by atoms with van der Waals surface area (Å²) in [7, 11) is 0. The van der Waals surface area contributed by atoms with Crippen molar-refractivity contribution in [2.24, 2.45) is 5.92 Å². The van der Waals surface area contributed by atoms with Gasteiger partial charge < -0.3 is 0 Å². The van der Waals surface area contributed by atoms with Gasteiger partial charge in [-0.05, 0) is 54.9 Å². The van der Waals surface area contributed by atoms with Crippen LogP contribution in [0.1, 0.15) is 39.6 Å². The fourth-order valence-electron chi connectivity index (χ4n) is 2.96. The Balaban J connectivity index is 1.76. The van der Waals surface area contributed by atoms with Crippen molar-refractivity contribution in [3.63, 3.8) is 0 Å². The number of benzene rings is 1. The van der Waals surface area contributed by atoms with E-state index in [-0.39, 0.29) is 5.38 Å². The molecule has 0 fully saturated rings. The van der Waals surface area contributed by atoms with Gasteiger partial charge in [0.1, 0.15) is 0 Å². The number of aryl methyl sites for hydroxylation is 2. The van der Waals surface area contributed by atoms with Gasteiger partial charge in [0.15, 0.2) is 0 Å². The summed E-state index contributed by atoms with van der Waals surface area (Å²) >= 11 is 8.66. The Morgan fingerprint density at radius 3 is 2.74 bits per heavy atom. The van der Waals surface area contributed by atoms with Crippen LogP contribution in [0.25, 0.3) is 0 Å². The molecule has 19 heavy (non-hydrogen) atoms. The van der Waals surface area contributed by atoms with E-state index >= 15 is 0 Å². The van der Waals surface area contributed by atoms with Crippen molar-refractivity contribution in [2.75, 3.05) is 0 Å². The van der Waals surface area contributed by atoms with Crippen molar-refractivity contribution in [2.45, 2.75) is 38.0 Å². The first kappa shape index (κ1) is 13.2.